The quantitative estimate of drug-likeness (QED) is 0.503. The third kappa shape index (κ3) is 2.51. The first-order chi connectivity index (χ1) is 12.0. The van der Waals surface area contributed by atoms with Gasteiger partial charge in [0.2, 0.25) is 5.88 Å². The van der Waals surface area contributed by atoms with Crippen LogP contribution in [-0.4, -0.2) is 26.5 Å². The molecule has 7 heteroatoms. The second-order valence-electron chi connectivity index (χ2n) is 5.72. The molecule has 0 unspecified atom stereocenters. The molecule has 4 aromatic rings. The molecule has 0 N–H and O–H groups in total. The summed E-state index contributed by atoms with van der Waals surface area (Å²) in [4.78, 5) is 14.0. The molecule has 126 valence electrons. The Balaban J connectivity index is 2.18. The SMILES string of the molecule is COc1ccc2nc(C)c3c(C)nc(-c4ccc(Cl)cc4Cl)n3c2n1. The third-order valence-electron chi connectivity index (χ3n) is 4.10. The molecule has 1 aromatic carbocycles. The van der Waals surface area contributed by atoms with E-state index >= 15 is 0 Å². The number of hydrogen-bond donors (Lipinski definition) is 0. The van der Waals surface area contributed by atoms with Crippen LogP contribution >= 0.6 is 23.2 Å². The monoisotopic (exact) mass is 372 g/mol. The minimum Gasteiger partial charge on any atom is -0.481 e. The normalized spacial score (nSPS) is 11.4. The van der Waals surface area contributed by atoms with Gasteiger partial charge in [0.05, 0.1) is 29.0 Å². The predicted molar refractivity (Wildman–Crippen MR) is 99.8 cm³/mol. The fraction of sp³-hybridized carbons (Fsp3) is 0.167. The van der Waals surface area contributed by atoms with E-state index in [9.17, 15) is 0 Å². The van der Waals surface area contributed by atoms with E-state index in [1.807, 2.05) is 30.4 Å². The van der Waals surface area contributed by atoms with Crippen molar-refractivity contribution in [1.82, 2.24) is 19.4 Å². The highest BCUT2D eigenvalue weighted by atomic mass is 35.5. The Labute approximate surface area is 154 Å². The van der Waals surface area contributed by atoms with Gasteiger partial charge in [-0.15, -0.1) is 0 Å². The Morgan fingerprint density at radius 1 is 0.960 bits per heavy atom. The molecule has 0 radical (unpaired) electrons. The fourth-order valence-electron chi connectivity index (χ4n) is 3.03. The number of ether oxygens (including phenoxy) is 1. The molecule has 3 heterocycles. The average molecular weight is 373 g/mol. The summed E-state index contributed by atoms with van der Waals surface area (Å²) in [7, 11) is 1.59. The van der Waals surface area contributed by atoms with Gasteiger partial charge in [-0.1, -0.05) is 23.2 Å². The second-order valence-corrected chi connectivity index (χ2v) is 6.57. The standard InChI is InChI=1S/C18H14Cl2N4O/c1-9-16-10(2)22-17(12-5-4-11(19)8-13(12)20)24(16)18-14(21-9)6-7-15(23-18)25-3/h4-8H,1-3H3. The van der Waals surface area contributed by atoms with E-state index in [0.29, 0.717) is 27.4 Å². The maximum absolute atomic E-state index is 6.42. The van der Waals surface area contributed by atoms with Crippen molar-refractivity contribution >= 4 is 39.9 Å². The van der Waals surface area contributed by atoms with E-state index in [1.165, 1.54) is 0 Å². The van der Waals surface area contributed by atoms with Crippen LogP contribution in [0.3, 0.4) is 0 Å². The molecule has 0 saturated heterocycles. The number of halogens is 2. The largest absolute Gasteiger partial charge is 0.481 e. The highest BCUT2D eigenvalue weighted by Crippen LogP contribution is 2.33. The molecule has 0 atom stereocenters. The molecule has 0 amide bonds. The lowest BCUT2D eigenvalue weighted by Crippen LogP contribution is -2.01. The van der Waals surface area contributed by atoms with Gasteiger partial charge in [-0.3, -0.25) is 4.40 Å². The summed E-state index contributed by atoms with van der Waals surface area (Å²) >= 11 is 12.5. The zero-order chi connectivity index (χ0) is 17.7. The van der Waals surface area contributed by atoms with Crippen LogP contribution in [0.1, 0.15) is 11.4 Å². The van der Waals surface area contributed by atoms with E-state index in [-0.39, 0.29) is 0 Å². The first kappa shape index (κ1) is 16.1. The number of pyridine rings is 1. The smallest absolute Gasteiger partial charge is 0.215 e. The molecule has 0 aliphatic carbocycles. The van der Waals surface area contributed by atoms with Gasteiger partial charge in [0.15, 0.2) is 5.65 Å². The molecule has 25 heavy (non-hydrogen) atoms. The number of rotatable bonds is 2. The molecule has 5 nitrogen and oxygen atoms in total. The minimum atomic E-state index is 0.513. The molecule has 0 spiro atoms. The number of fused-ring (bicyclic) bond motifs is 3. The van der Waals surface area contributed by atoms with Crippen molar-refractivity contribution < 1.29 is 4.74 Å². The lowest BCUT2D eigenvalue weighted by molar-refractivity contribution is 0.399. The summed E-state index contributed by atoms with van der Waals surface area (Å²) in [6, 6.07) is 9.04. The van der Waals surface area contributed by atoms with Crippen LogP contribution in [0.2, 0.25) is 10.0 Å². The Bertz CT molecular complexity index is 1140. The number of methoxy groups -OCH3 is 1. The van der Waals surface area contributed by atoms with E-state index in [1.54, 1.807) is 25.3 Å². The molecule has 0 saturated carbocycles. The van der Waals surface area contributed by atoms with Gasteiger partial charge < -0.3 is 4.74 Å². The molecule has 4 rings (SSSR count). The Kier molecular flexibility index (Phi) is 3.78. The maximum atomic E-state index is 6.42. The van der Waals surface area contributed by atoms with Gasteiger partial charge in [0.25, 0.3) is 0 Å². The maximum Gasteiger partial charge on any atom is 0.215 e. The van der Waals surface area contributed by atoms with Crippen molar-refractivity contribution in [3.05, 3.63) is 51.8 Å². The van der Waals surface area contributed by atoms with Gasteiger partial charge in [0.1, 0.15) is 11.3 Å². The summed E-state index contributed by atoms with van der Waals surface area (Å²) in [5.74, 6) is 1.21. The summed E-state index contributed by atoms with van der Waals surface area (Å²) in [6.07, 6.45) is 0. The number of imidazole rings is 1. The van der Waals surface area contributed by atoms with Crippen LogP contribution in [-0.2, 0) is 0 Å². The van der Waals surface area contributed by atoms with E-state index in [0.717, 1.165) is 28.0 Å². The van der Waals surface area contributed by atoms with Gasteiger partial charge in [-0.05, 0) is 38.1 Å². The van der Waals surface area contributed by atoms with Crippen LogP contribution in [0.4, 0.5) is 0 Å². The Hall–Kier alpha value is -2.37. The van der Waals surface area contributed by atoms with Crippen molar-refractivity contribution in [2.24, 2.45) is 0 Å². The lowest BCUT2D eigenvalue weighted by atomic mass is 10.2. The predicted octanol–water partition coefficient (Wildman–Crippen LogP) is 4.88. The summed E-state index contributed by atoms with van der Waals surface area (Å²) in [5.41, 5.74) is 4.86. The number of hydrogen-bond acceptors (Lipinski definition) is 4. The van der Waals surface area contributed by atoms with Crippen LogP contribution < -0.4 is 4.74 Å². The molecular formula is C18H14Cl2N4O. The molecule has 0 aliphatic rings. The van der Waals surface area contributed by atoms with Gasteiger partial charge in [-0.25, -0.2) is 9.97 Å². The molecule has 0 fully saturated rings. The minimum absolute atomic E-state index is 0.513. The second kappa shape index (κ2) is 5.86. The molecule has 0 aliphatic heterocycles. The zero-order valence-corrected chi connectivity index (χ0v) is 15.4. The van der Waals surface area contributed by atoms with Gasteiger partial charge in [-0.2, -0.15) is 4.98 Å². The van der Waals surface area contributed by atoms with Crippen molar-refractivity contribution in [3.63, 3.8) is 0 Å². The van der Waals surface area contributed by atoms with E-state index < -0.39 is 0 Å². The van der Waals surface area contributed by atoms with Crippen molar-refractivity contribution in [2.75, 3.05) is 7.11 Å². The summed E-state index contributed by atoms with van der Waals surface area (Å²) < 4.78 is 7.25. The van der Waals surface area contributed by atoms with Crippen molar-refractivity contribution in [3.8, 4) is 17.3 Å². The zero-order valence-electron chi connectivity index (χ0n) is 13.8. The number of aromatic nitrogens is 4. The molecule has 0 bridgehead atoms. The van der Waals surface area contributed by atoms with E-state index in [2.05, 4.69) is 9.97 Å². The number of nitrogens with zero attached hydrogens (tertiary/aromatic N) is 4. The number of benzene rings is 1. The van der Waals surface area contributed by atoms with Crippen molar-refractivity contribution in [1.29, 1.82) is 0 Å². The molecular weight excluding hydrogens is 359 g/mol. The summed E-state index contributed by atoms with van der Waals surface area (Å²) in [5, 5.41) is 1.11. The number of aryl methyl sites for hydroxylation is 2. The van der Waals surface area contributed by atoms with Crippen LogP contribution in [0, 0.1) is 13.8 Å². The average Bonchev–Trinajstić information content (AvgIpc) is 2.93. The van der Waals surface area contributed by atoms with Crippen LogP contribution in [0.5, 0.6) is 5.88 Å². The fourth-order valence-corrected chi connectivity index (χ4v) is 3.53. The highest BCUT2D eigenvalue weighted by Gasteiger charge is 2.19. The third-order valence-corrected chi connectivity index (χ3v) is 4.65. The van der Waals surface area contributed by atoms with Gasteiger partial charge >= 0.3 is 0 Å². The Morgan fingerprint density at radius 2 is 1.72 bits per heavy atom. The first-order valence-electron chi connectivity index (χ1n) is 7.65. The summed E-state index contributed by atoms with van der Waals surface area (Å²) in [6.45, 7) is 3.91. The Morgan fingerprint density at radius 3 is 2.44 bits per heavy atom. The van der Waals surface area contributed by atoms with Crippen molar-refractivity contribution in [2.45, 2.75) is 13.8 Å². The molecule has 3 aromatic heterocycles. The van der Waals surface area contributed by atoms with Gasteiger partial charge in [0, 0.05) is 16.7 Å². The topological polar surface area (TPSA) is 52.3 Å². The van der Waals surface area contributed by atoms with Crippen LogP contribution in [0.15, 0.2) is 30.3 Å². The lowest BCUT2D eigenvalue weighted by Gasteiger charge is -2.09. The van der Waals surface area contributed by atoms with E-state index in [4.69, 9.17) is 32.9 Å². The first-order valence-corrected chi connectivity index (χ1v) is 8.41. The highest BCUT2D eigenvalue weighted by molar-refractivity contribution is 6.36. The van der Waals surface area contributed by atoms with Crippen LogP contribution in [0.25, 0.3) is 28.1 Å².